The third-order valence-electron chi connectivity index (χ3n) is 3.59. The Morgan fingerprint density at radius 1 is 1.50 bits per heavy atom. The van der Waals surface area contributed by atoms with E-state index >= 15 is 0 Å². The Kier molecular flexibility index (Phi) is 4.38. The van der Waals surface area contributed by atoms with E-state index in [0.29, 0.717) is 0 Å². The average molecular weight is 238 g/mol. The fourth-order valence-electron chi connectivity index (χ4n) is 2.05. The molecule has 2 nitrogen and oxygen atoms in total. The number of thiophene rings is 1. The van der Waals surface area contributed by atoms with E-state index in [1.807, 2.05) is 11.3 Å². The summed E-state index contributed by atoms with van der Waals surface area (Å²) in [4.78, 5) is 3.98. The van der Waals surface area contributed by atoms with Crippen molar-refractivity contribution in [1.82, 2.24) is 10.2 Å². The number of likely N-dealkylation sites (N-methyl/N-ethyl adjacent to an activating group) is 1. The van der Waals surface area contributed by atoms with Gasteiger partial charge < -0.3 is 10.2 Å². The quantitative estimate of drug-likeness (QED) is 0.767. The lowest BCUT2D eigenvalue weighted by Gasteiger charge is -2.34. The highest BCUT2D eigenvalue weighted by molar-refractivity contribution is 7.10. The zero-order chi connectivity index (χ0) is 11.4. The van der Waals surface area contributed by atoms with E-state index in [9.17, 15) is 0 Å². The van der Waals surface area contributed by atoms with Crippen LogP contribution in [0.1, 0.15) is 29.7 Å². The second-order valence-electron chi connectivity index (χ2n) is 4.77. The molecule has 0 aliphatic heterocycles. The summed E-state index contributed by atoms with van der Waals surface area (Å²) in [5, 5.41) is 5.70. The first-order valence-electron chi connectivity index (χ1n) is 6.21. The van der Waals surface area contributed by atoms with E-state index in [2.05, 4.69) is 35.6 Å². The van der Waals surface area contributed by atoms with Crippen LogP contribution in [0.2, 0.25) is 0 Å². The second kappa shape index (κ2) is 5.80. The molecule has 0 radical (unpaired) electrons. The first-order chi connectivity index (χ1) is 7.77. The normalized spacial score (nSPS) is 16.7. The molecule has 0 aromatic carbocycles. The van der Waals surface area contributed by atoms with Gasteiger partial charge in [0.05, 0.1) is 0 Å². The maximum Gasteiger partial charge on any atom is 0.0302 e. The number of aryl methyl sites for hydroxylation is 1. The summed E-state index contributed by atoms with van der Waals surface area (Å²) in [6.07, 6.45) is 4.23. The molecule has 1 fully saturated rings. The lowest BCUT2D eigenvalue weighted by molar-refractivity contribution is 0.160. The summed E-state index contributed by atoms with van der Waals surface area (Å²) in [6, 6.07) is 3.06. The molecule has 0 bridgehead atoms. The van der Waals surface area contributed by atoms with E-state index in [-0.39, 0.29) is 0 Å². The molecular formula is C13H22N2S. The maximum atomic E-state index is 3.53. The second-order valence-corrected chi connectivity index (χ2v) is 5.77. The third-order valence-corrected chi connectivity index (χ3v) is 4.62. The van der Waals surface area contributed by atoms with Crippen molar-refractivity contribution in [2.24, 2.45) is 0 Å². The van der Waals surface area contributed by atoms with Crippen LogP contribution >= 0.6 is 11.3 Å². The third kappa shape index (κ3) is 3.06. The Hall–Kier alpha value is -0.380. The van der Waals surface area contributed by atoms with Crippen molar-refractivity contribution < 1.29 is 0 Å². The number of nitrogens with one attached hydrogen (secondary N) is 1. The number of rotatable bonds is 6. The van der Waals surface area contributed by atoms with E-state index in [1.54, 1.807) is 0 Å². The summed E-state index contributed by atoms with van der Waals surface area (Å²) in [7, 11) is 2.25. The molecule has 16 heavy (non-hydrogen) atoms. The Labute approximate surface area is 103 Å². The average Bonchev–Trinajstić information content (AvgIpc) is 2.56. The van der Waals surface area contributed by atoms with Gasteiger partial charge in [-0.25, -0.2) is 0 Å². The largest absolute Gasteiger partial charge is 0.311 e. The van der Waals surface area contributed by atoms with Gasteiger partial charge in [0, 0.05) is 30.6 Å². The van der Waals surface area contributed by atoms with Gasteiger partial charge in [-0.1, -0.05) is 6.42 Å². The van der Waals surface area contributed by atoms with Crippen LogP contribution in [-0.2, 0) is 6.54 Å². The first kappa shape index (κ1) is 12.1. The Morgan fingerprint density at radius 2 is 2.31 bits per heavy atom. The number of nitrogens with zero attached hydrogens (tertiary/aromatic N) is 1. The van der Waals surface area contributed by atoms with Gasteiger partial charge in [-0.15, -0.1) is 11.3 Å². The van der Waals surface area contributed by atoms with Crippen molar-refractivity contribution >= 4 is 11.3 Å². The molecule has 1 N–H and O–H groups in total. The molecular weight excluding hydrogens is 216 g/mol. The summed E-state index contributed by atoms with van der Waals surface area (Å²) in [5.74, 6) is 0. The summed E-state index contributed by atoms with van der Waals surface area (Å²) < 4.78 is 0. The molecule has 1 aromatic heterocycles. The summed E-state index contributed by atoms with van der Waals surface area (Å²) in [5.41, 5.74) is 1.42. The molecule has 3 heteroatoms. The molecule has 1 aliphatic rings. The minimum atomic E-state index is 0.866. The van der Waals surface area contributed by atoms with Crippen LogP contribution in [-0.4, -0.2) is 31.1 Å². The van der Waals surface area contributed by atoms with Crippen molar-refractivity contribution in [2.75, 3.05) is 20.1 Å². The highest BCUT2D eigenvalue weighted by Gasteiger charge is 2.20. The Morgan fingerprint density at radius 3 is 2.88 bits per heavy atom. The SMILES string of the molecule is Cc1ccsc1CNCCN(C)C1CCC1. The molecule has 0 spiro atoms. The molecule has 2 rings (SSSR count). The van der Waals surface area contributed by atoms with Gasteiger partial charge in [-0.3, -0.25) is 0 Å². The van der Waals surface area contributed by atoms with Gasteiger partial charge in [0.2, 0.25) is 0 Å². The van der Waals surface area contributed by atoms with Gasteiger partial charge in [0.1, 0.15) is 0 Å². The number of hydrogen-bond acceptors (Lipinski definition) is 3. The predicted octanol–water partition coefficient (Wildman–Crippen LogP) is 2.63. The molecule has 1 aromatic rings. The van der Waals surface area contributed by atoms with E-state index in [4.69, 9.17) is 0 Å². The minimum absolute atomic E-state index is 0.866. The van der Waals surface area contributed by atoms with E-state index in [0.717, 1.165) is 19.1 Å². The minimum Gasteiger partial charge on any atom is -0.311 e. The van der Waals surface area contributed by atoms with Crippen LogP contribution in [0.5, 0.6) is 0 Å². The highest BCUT2D eigenvalue weighted by atomic mass is 32.1. The number of hydrogen-bond donors (Lipinski definition) is 1. The molecule has 90 valence electrons. The summed E-state index contributed by atoms with van der Waals surface area (Å²) in [6.45, 7) is 5.50. The Bertz CT molecular complexity index is 317. The van der Waals surface area contributed by atoms with Gasteiger partial charge in [-0.05, 0) is 43.8 Å². The van der Waals surface area contributed by atoms with Crippen LogP contribution < -0.4 is 5.32 Å². The van der Waals surface area contributed by atoms with Crippen LogP contribution in [0.4, 0.5) is 0 Å². The first-order valence-corrected chi connectivity index (χ1v) is 7.09. The predicted molar refractivity (Wildman–Crippen MR) is 71.0 cm³/mol. The fourth-order valence-corrected chi connectivity index (χ4v) is 2.93. The van der Waals surface area contributed by atoms with Gasteiger partial charge in [-0.2, -0.15) is 0 Å². The van der Waals surface area contributed by atoms with Crippen molar-refractivity contribution in [3.63, 3.8) is 0 Å². The monoisotopic (exact) mass is 238 g/mol. The zero-order valence-electron chi connectivity index (χ0n) is 10.3. The van der Waals surface area contributed by atoms with Crippen molar-refractivity contribution in [2.45, 2.75) is 38.8 Å². The highest BCUT2D eigenvalue weighted by Crippen LogP contribution is 2.22. The fraction of sp³-hybridized carbons (Fsp3) is 0.692. The van der Waals surface area contributed by atoms with Gasteiger partial charge in [0.25, 0.3) is 0 Å². The molecule has 0 atom stereocenters. The van der Waals surface area contributed by atoms with Gasteiger partial charge >= 0.3 is 0 Å². The van der Waals surface area contributed by atoms with E-state index < -0.39 is 0 Å². The van der Waals surface area contributed by atoms with Crippen LogP contribution in [0, 0.1) is 6.92 Å². The Balaban J connectivity index is 1.59. The maximum absolute atomic E-state index is 3.53. The van der Waals surface area contributed by atoms with Crippen LogP contribution in [0.15, 0.2) is 11.4 Å². The molecule has 1 saturated carbocycles. The molecule has 1 aliphatic carbocycles. The summed E-state index contributed by atoms with van der Waals surface area (Å²) >= 11 is 1.85. The van der Waals surface area contributed by atoms with Crippen LogP contribution in [0.25, 0.3) is 0 Å². The van der Waals surface area contributed by atoms with Crippen molar-refractivity contribution in [3.05, 3.63) is 21.9 Å². The topological polar surface area (TPSA) is 15.3 Å². The van der Waals surface area contributed by atoms with Gasteiger partial charge in [0.15, 0.2) is 0 Å². The van der Waals surface area contributed by atoms with Crippen molar-refractivity contribution in [3.8, 4) is 0 Å². The lowest BCUT2D eigenvalue weighted by Crippen LogP contribution is -2.40. The van der Waals surface area contributed by atoms with Crippen molar-refractivity contribution in [1.29, 1.82) is 0 Å². The molecule has 1 heterocycles. The van der Waals surface area contributed by atoms with E-state index in [1.165, 1.54) is 36.2 Å². The molecule has 0 saturated heterocycles. The zero-order valence-corrected chi connectivity index (χ0v) is 11.1. The van der Waals surface area contributed by atoms with Crippen LogP contribution in [0.3, 0.4) is 0 Å². The smallest absolute Gasteiger partial charge is 0.0302 e. The molecule has 0 amide bonds. The standard InChI is InChI=1S/C13H22N2S/c1-11-6-9-16-13(11)10-14-7-8-15(2)12-4-3-5-12/h6,9,12,14H,3-5,7-8,10H2,1-2H3. The lowest BCUT2D eigenvalue weighted by atomic mass is 9.92. The molecule has 0 unspecified atom stereocenters.